The molecule has 0 spiro atoms. The highest BCUT2D eigenvalue weighted by Crippen LogP contribution is 2.33. The second-order valence-electron chi connectivity index (χ2n) is 6.70. The lowest BCUT2D eigenvalue weighted by molar-refractivity contribution is -0.138. The van der Waals surface area contributed by atoms with Crippen molar-refractivity contribution >= 4 is 18.3 Å². The summed E-state index contributed by atoms with van der Waals surface area (Å²) in [6.07, 6.45) is 2.72. The predicted octanol–water partition coefficient (Wildman–Crippen LogP) is 3.58. The first-order valence-corrected chi connectivity index (χ1v) is 8.09. The number of halogens is 1. The van der Waals surface area contributed by atoms with E-state index in [1.807, 2.05) is 11.8 Å². The molecule has 124 valence electrons. The summed E-state index contributed by atoms with van der Waals surface area (Å²) in [7, 11) is 0. The first-order valence-electron chi connectivity index (χ1n) is 8.09. The summed E-state index contributed by atoms with van der Waals surface area (Å²) < 4.78 is 0. The van der Waals surface area contributed by atoms with Crippen molar-refractivity contribution in [3.8, 4) is 0 Å². The zero-order valence-electron chi connectivity index (χ0n) is 13.9. The molecule has 0 saturated carbocycles. The molecule has 1 aliphatic rings. The van der Waals surface area contributed by atoms with Gasteiger partial charge >= 0.3 is 0 Å². The van der Waals surface area contributed by atoms with Crippen molar-refractivity contribution in [3.63, 3.8) is 0 Å². The topological polar surface area (TPSA) is 46.3 Å². The molecule has 3 atom stereocenters. The molecule has 1 fully saturated rings. The predicted molar refractivity (Wildman–Crippen MR) is 94.3 cm³/mol. The Balaban J connectivity index is 0.00000242. The maximum atomic E-state index is 12.6. The molecule has 0 radical (unpaired) electrons. The first-order chi connectivity index (χ1) is 9.95. The molecule has 2 rings (SSSR count). The molecule has 1 aromatic rings. The van der Waals surface area contributed by atoms with Crippen LogP contribution in [-0.2, 0) is 4.79 Å². The van der Waals surface area contributed by atoms with Crippen molar-refractivity contribution in [1.29, 1.82) is 0 Å². The van der Waals surface area contributed by atoms with Gasteiger partial charge < -0.3 is 10.6 Å². The molecular formula is C18H29ClN2O. The van der Waals surface area contributed by atoms with E-state index in [-0.39, 0.29) is 18.3 Å². The average molecular weight is 325 g/mol. The van der Waals surface area contributed by atoms with Crippen LogP contribution in [0.1, 0.15) is 51.5 Å². The van der Waals surface area contributed by atoms with Crippen LogP contribution in [-0.4, -0.2) is 29.4 Å². The molecule has 2 N–H and O–H groups in total. The van der Waals surface area contributed by atoms with E-state index in [1.54, 1.807) is 0 Å². The van der Waals surface area contributed by atoms with E-state index < -0.39 is 5.54 Å². The lowest BCUT2D eigenvalue weighted by Gasteiger charge is -2.40. The summed E-state index contributed by atoms with van der Waals surface area (Å²) in [6.45, 7) is 7.81. The Hall–Kier alpha value is -1.06. The van der Waals surface area contributed by atoms with Gasteiger partial charge in [0.1, 0.15) is 0 Å². The van der Waals surface area contributed by atoms with Gasteiger partial charge in [0, 0.05) is 13.1 Å². The number of hydrogen-bond donors (Lipinski definition) is 1. The number of rotatable bonds is 4. The van der Waals surface area contributed by atoms with Gasteiger partial charge in [-0.05, 0) is 37.2 Å². The molecule has 1 saturated heterocycles. The third-order valence-electron chi connectivity index (χ3n) is 4.68. The molecule has 0 aliphatic carbocycles. The van der Waals surface area contributed by atoms with Crippen LogP contribution < -0.4 is 5.73 Å². The van der Waals surface area contributed by atoms with Crippen LogP contribution in [0.25, 0.3) is 0 Å². The lowest BCUT2D eigenvalue weighted by Crippen LogP contribution is -2.56. The Morgan fingerprint density at radius 1 is 1.36 bits per heavy atom. The van der Waals surface area contributed by atoms with Crippen molar-refractivity contribution < 1.29 is 4.79 Å². The molecule has 1 amide bonds. The van der Waals surface area contributed by atoms with Crippen LogP contribution in [0, 0.1) is 5.92 Å². The summed E-state index contributed by atoms with van der Waals surface area (Å²) in [4.78, 5) is 14.6. The molecule has 1 aromatic carbocycles. The Labute approximate surface area is 140 Å². The molecule has 3 nitrogen and oxygen atoms in total. The maximum Gasteiger partial charge on any atom is 0.242 e. The maximum absolute atomic E-state index is 12.6. The minimum atomic E-state index is -0.714. The number of likely N-dealkylation sites (tertiary alicyclic amines) is 1. The van der Waals surface area contributed by atoms with Crippen molar-refractivity contribution in [2.24, 2.45) is 11.7 Å². The molecule has 22 heavy (non-hydrogen) atoms. The third-order valence-corrected chi connectivity index (χ3v) is 4.68. The van der Waals surface area contributed by atoms with E-state index in [0.29, 0.717) is 11.8 Å². The number of nitrogens with two attached hydrogens (primary N) is 1. The minimum absolute atomic E-state index is 0. The molecule has 1 aliphatic heterocycles. The molecular weight excluding hydrogens is 296 g/mol. The van der Waals surface area contributed by atoms with Gasteiger partial charge in [-0.3, -0.25) is 4.79 Å². The van der Waals surface area contributed by atoms with E-state index in [1.165, 1.54) is 5.56 Å². The molecule has 1 heterocycles. The zero-order valence-corrected chi connectivity index (χ0v) is 14.7. The smallest absolute Gasteiger partial charge is 0.242 e. The fraction of sp³-hybridized carbons (Fsp3) is 0.611. The van der Waals surface area contributed by atoms with E-state index in [4.69, 9.17) is 5.73 Å². The van der Waals surface area contributed by atoms with E-state index >= 15 is 0 Å². The number of hydrogen-bond acceptors (Lipinski definition) is 2. The number of benzene rings is 1. The third kappa shape index (κ3) is 4.23. The van der Waals surface area contributed by atoms with Gasteiger partial charge in [-0.2, -0.15) is 0 Å². The Bertz CT molecular complexity index is 475. The Morgan fingerprint density at radius 2 is 2.00 bits per heavy atom. The fourth-order valence-electron chi connectivity index (χ4n) is 3.51. The van der Waals surface area contributed by atoms with Crippen molar-refractivity contribution in [1.82, 2.24) is 4.90 Å². The van der Waals surface area contributed by atoms with E-state index in [9.17, 15) is 4.79 Å². The summed E-state index contributed by atoms with van der Waals surface area (Å²) in [5, 5.41) is 0. The highest BCUT2D eigenvalue weighted by molar-refractivity contribution is 5.86. The fourth-order valence-corrected chi connectivity index (χ4v) is 3.51. The highest BCUT2D eigenvalue weighted by atomic mass is 35.5. The minimum Gasteiger partial charge on any atom is -0.341 e. The number of piperidine rings is 1. The van der Waals surface area contributed by atoms with Gasteiger partial charge in [0.05, 0.1) is 5.54 Å². The van der Waals surface area contributed by atoms with Gasteiger partial charge in [0.2, 0.25) is 5.91 Å². The molecule has 3 unspecified atom stereocenters. The van der Waals surface area contributed by atoms with Gasteiger partial charge in [-0.25, -0.2) is 0 Å². The second-order valence-corrected chi connectivity index (χ2v) is 6.70. The van der Waals surface area contributed by atoms with Gasteiger partial charge in [0.15, 0.2) is 0 Å². The normalized spacial score (nSPS) is 24.3. The first kappa shape index (κ1) is 19.0. The largest absolute Gasteiger partial charge is 0.341 e. The zero-order chi connectivity index (χ0) is 15.5. The number of carbonyl (C=O) groups excluding carboxylic acids is 1. The van der Waals surface area contributed by atoms with Crippen molar-refractivity contribution in [3.05, 3.63) is 35.9 Å². The van der Waals surface area contributed by atoms with Crippen LogP contribution in [0.5, 0.6) is 0 Å². The number of carbonyl (C=O) groups is 1. The van der Waals surface area contributed by atoms with Crippen LogP contribution in [0.2, 0.25) is 0 Å². The van der Waals surface area contributed by atoms with Crippen molar-refractivity contribution in [2.45, 2.75) is 51.5 Å². The molecule has 4 heteroatoms. The summed E-state index contributed by atoms with van der Waals surface area (Å²) in [6, 6.07) is 10.6. The number of nitrogens with zero attached hydrogens (tertiary/aromatic N) is 1. The summed E-state index contributed by atoms with van der Waals surface area (Å²) in [5.74, 6) is 1.13. The van der Waals surface area contributed by atoms with Gasteiger partial charge in [-0.15, -0.1) is 12.4 Å². The highest BCUT2D eigenvalue weighted by Gasteiger charge is 2.36. The summed E-state index contributed by atoms with van der Waals surface area (Å²) in [5.41, 5.74) is 6.88. The van der Waals surface area contributed by atoms with E-state index in [2.05, 4.69) is 44.2 Å². The monoisotopic (exact) mass is 324 g/mol. The Kier molecular flexibility index (Phi) is 6.89. The molecule has 0 aromatic heterocycles. The number of amides is 1. The van der Waals surface area contributed by atoms with Gasteiger partial charge in [-0.1, -0.05) is 50.6 Å². The van der Waals surface area contributed by atoms with Crippen LogP contribution >= 0.6 is 12.4 Å². The second kappa shape index (κ2) is 7.98. The quantitative estimate of drug-likeness (QED) is 0.920. The SMILES string of the molecule is CCCC(C)(N)C(=O)N1CCC(c2ccccc2)C(C)C1.Cl. The van der Waals surface area contributed by atoms with Crippen LogP contribution in [0.15, 0.2) is 30.3 Å². The van der Waals surface area contributed by atoms with E-state index in [0.717, 1.165) is 32.4 Å². The summed E-state index contributed by atoms with van der Waals surface area (Å²) >= 11 is 0. The van der Waals surface area contributed by atoms with Crippen molar-refractivity contribution in [2.75, 3.05) is 13.1 Å². The van der Waals surface area contributed by atoms with Gasteiger partial charge in [0.25, 0.3) is 0 Å². The molecule has 0 bridgehead atoms. The van der Waals surface area contributed by atoms with Crippen LogP contribution in [0.4, 0.5) is 0 Å². The standard InChI is InChI=1S/C18H28N2O.ClH/c1-4-11-18(3,19)17(21)20-12-10-16(14(2)13-20)15-8-6-5-7-9-15;/h5-9,14,16H,4,10-13,19H2,1-3H3;1H. The average Bonchev–Trinajstić information content (AvgIpc) is 2.47. The van der Waals surface area contributed by atoms with Crippen LogP contribution in [0.3, 0.4) is 0 Å². The Morgan fingerprint density at radius 3 is 2.55 bits per heavy atom. The lowest BCUT2D eigenvalue weighted by atomic mass is 9.81.